The Morgan fingerprint density at radius 2 is 1.80 bits per heavy atom. The first-order valence-electron chi connectivity index (χ1n) is 6.46. The predicted molar refractivity (Wildman–Crippen MR) is 84.3 cm³/mol. The van der Waals surface area contributed by atoms with E-state index in [1.165, 1.54) is 11.1 Å². The van der Waals surface area contributed by atoms with E-state index in [1.54, 1.807) is 18.2 Å². The van der Waals surface area contributed by atoms with E-state index in [2.05, 4.69) is 33.4 Å². The number of fused-ring (bicyclic) bond motifs is 1. The molecule has 0 aliphatic heterocycles. The van der Waals surface area contributed by atoms with Crippen LogP contribution in [0.1, 0.15) is 21.5 Å². The second-order valence-electron chi connectivity index (χ2n) is 4.98. The number of hydrogen-bond acceptors (Lipinski definition) is 1. The summed E-state index contributed by atoms with van der Waals surface area (Å²) < 4.78 is 0.795. The van der Waals surface area contributed by atoms with Gasteiger partial charge in [-0.3, -0.25) is 4.79 Å². The van der Waals surface area contributed by atoms with Crippen LogP contribution >= 0.6 is 27.5 Å². The van der Waals surface area contributed by atoms with Gasteiger partial charge in [0.05, 0.1) is 5.02 Å². The molecule has 0 radical (unpaired) electrons. The Labute approximate surface area is 131 Å². The lowest BCUT2D eigenvalue weighted by molar-refractivity contribution is 0.0938. The van der Waals surface area contributed by atoms with Gasteiger partial charge in [-0.25, -0.2) is 0 Å². The summed E-state index contributed by atoms with van der Waals surface area (Å²) in [6, 6.07) is 13.7. The monoisotopic (exact) mass is 349 g/mol. The van der Waals surface area contributed by atoms with Gasteiger partial charge in [0, 0.05) is 16.1 Å². The molecule has 1 aliphatic rings. The Hall–Kier alpha value is -1.32. The maximum absolute atomic E-state index is 12.2. The molecule has 0 bridgehead atoms. The number of amides is 1. The zero-order valence-electron chi connectivity index (χ0n) is 10.7. The molecule has 2 nitrogen and oxygen atoms in total. The average molecular weight is 351 g/mol. The van der Waals surface area contributed by atoms with Gasteiger partial charge in [-0.05, 0) is 58.1 Å². The van der Waals surface area contributed by atoms with Gasteiger partial charge in [-0.1, -0.05) is 35.9 Å². The molecule has 0 atom stereocenters. The van der Waals surface area contributed by atoms with Crippen molar-refractivity contribution in [3.8, 4) is 0 Å². The molecule has 1 amide bonds. The molecule has 4 heteroatoms. The molecule has 102 valence electrons. The highest BCUT2D eigenvalue weighted by atomic mass is 79.9. The fraction of sp³-hybridized carbons (Fsp3) is 0.188. The van der Waals surface area contributed by atoms with Gasteiger partial charge in [-0.15, -0.1) is 0 Å². The summed E-state index contributed by atoms with van der Waals surface area (Å²) in [4.78, 5) is 12.2. The predicted octanol–water partition coefficient (Wildman–Crippen LogP) is 4.00. The minimum Gasteiger partial charge on any atom is -0.349 e. The Bertz CT molecular complexity index is 646. The zero-order valence-corrected chi connectivity index (χ0v) is 13.0. The van der Waals surface area contributed by atoms with Crippen LogP contribution in [0.3, 0.4) is 0 Å². The Kier molecular flexibility index (Phi) is 3.81. The molecule has 0 aromatic heterocycles. The highest BCUT2D eigenvalue weighted by Crippen LogP contribution is 2.24. The van der Waals surface area contributed by atoms with Gasteiger partial charge in [0.25, 0.3) is 5.91 Å². The van der Waals surface area contributed by atoms with E-state index < -0.39 is 0 Å². The minimum atomic E-state index is -0.0720. The summed E-state index contributed by atoms with van der Waals surface area (Å²) in [5.74, 6) is -0.0720. The van der Waals surface area contributed by atoms with Crippen molar-refractivity contribution in [2.45, 2.75) is 18.9 Å². The third kappa shape index (κ3) is 2.74. The van der Waals surface area contributed by atoms with Crippen LogP contribution in [0, 0.1) is 0 Å². The highest BCUT2D eigenvalue weighted by molar-refractivity contribution is 9.10. The lowest BCUT2D eigenvalue weighted by Crippen LogP contribution is -2.35. The van der Waals surface area contributed by atoms with Crippen LogP contribution in [-0.4, -0.2) is 11.9 Å². The van der Waals surface area contributed by atoms with Crippen molar-refractivity contribution in [1.29, 1.82) is 0 Å². The van der Waals surface area contributed by atoms with Crippen molar-refractivity contribution in [3.05, 3.63) is 68.7 Å². The number of hydrogen-bond donors (Lipinski definition) is 1. The number of carbonyl (C=O) groups is 1. The summed E-state index contributed by atoms with van der Waals surface area (Å²) in [5, 5.41) is 3.62. The number of benzene rings is 2. The first-order chi connectivity index (χ1) is 9.63. The van der Waals surface area contributed by atoms with E-state index in [0.29, 0.717) is 10.6 Å². The van der Waals surface area contributed by atoms with Crippen molar-refractivity contribution < 1.29 is 4.79 Å². The fourth-order valence-corrected chi connectivity index (χ4v) is 2.99. The van der Waals surface area contributed by atoms with E-state index in [-0.39, 0.29) is 11.9 Å². The molecule has 0 spiro atoms. The quantitative estimate of drug-likeness (QED) is 0.871. The molecule has 1 aliphatic carbocycles. The minimum absolute atomic E-state index is 0.0720. The molecule has 1 N–H and O–H groups in total. The number of carbonyl (C=O) groups excluding carboxylic acids is 1. The molecule has 0 saturated carbocycles. The lowest BCUT2D eigenvalue weighted by Gasteiger charge is -2.12. The maximum atomic E-state index is 12.2. The molecule has 2 aromatic rings. The molecular weight excluding hydrogens is 338 g/mol. The summed E-state index contributed by atoms with van der Waals surface area (Å²) in [6.07, 6.45) is 1.79. The van der Waals surface area contributed by atoms with Crippen LogP contribution in [0.2, 0.25) is 5.02 Å². The standard InChI is InChI=1S/C16H13BrClNO/c17-14-6-5-12(9-15(14)18)16(20)19-13-7-10-3-1-2-4-11(10)8-13/h1-6,9,13H,7-8H2,(H,19,20). The third-order valence-corrected chi connectivity index (χ3v) is 4.80. The van der Waals surface area contributed by atoms with E-state index >= 15 is 0 Å². The smallest absolute Gasteiger partial charge is 0.251 e. The van der Waals surface area contributed by atoms with E-state index in [0.717, 1.165) is 17.3 Å². The van der Waals surface area contributed by atoms with Crippen LogP contribution in [0.25, 0.3) is 0 Å². The van der Waals surface area contributed by atoms with Crippen LogP contribution < -0.4 is 5.32 Å². The molecule has 20 heavy (non-hydrogen) atoms. The Morgan fingerprint density at radius 1 is 1.15 bits per heavy atom. The third-order valence-electron chi connectivity index (χ3n) is 3.57. The van der Waals surface area contributed by atoms with Crippen molar-refractivity contribution in [2.75, 3.05) is 0 Å². The first-order valence-corrected chi connectivity index (χ1v) is 7.63. The van der Waals surface area contributed by atoms with Gasteiger partial charge in [0.1, 0.15) is 0 Å². The molecule has 0 fully saturated rings. The summed E-state index contributed by atoms with van der Waals surface area (Å²) in [6.45, 7) is 0. The summed E-state index contributed by atoms with van der Waals surface area (Å²) in [7, 11) is 0. The summed E-state index contributed by atoms with van der Waals surface area (Å²) >= 11 is 9.34. The average Bonchev–Trinajstić information content (AvgIpc) is 2.83. The van der Waals surface area contributed by atoms with Crippen LogP contribution in [0.5, 0.6) is 0 Å². The molecule has 0 saturated heterocycles. The van der Waals surface area contributed by atoms with E-state index in [9.17, 15) is 4.79 Å². The van der Waals surface area contributed by atoms with E-state index in [4.69, 9.17) is 11.6 Å². The molecule has 0 unspecified atom stereocenters. The normalized spacial score (nSPS) is 14.1. The molecular formula is C16H13BrClNO. The maximum Gasteiger partial charge on any atom is 0.251 e. The highest BCUT2D eigenvalue weighted by Gasteiger charge is 2.22. The second-order valence-corrected chi connectivity index (χ2v) is 6.24. The van der Waals surface area contributed by atoms with Crippen molar-refractivity contribution >= 4 is 33.4 Å². The van der Waals surface area contributed by atoms with Gasteiger partial charge in [0.15, 0.2) is 0 Å². The number of rotatable bonds is 2. The SMILES string of the molecule is O=C(NC1Cc2ccccc2C1)c1ccc(Br)c(Cl)c1. The largest absolute Gasteiger partial charge is 0.349 e. The molecule has 2 aromatic carbocycles. The van der Waals surface area contributed by atoms with Gasteiger partial charge in [-0.2, -0.15) is 0 Å². The lowest BCUT2D eigenvalue weighted by atomic mass is 10.1. The van der Waals surface area contributed by atoms with Gasteiger partial charge < -0.3 is 5.32 Å². The van der Waals surface area contributed by atoms with Crippen LogP contribution in [0.15, 0.2) is 46.9 Å². The van der Waals surface area contributed by atoms with Crippen molar-refractivity contribution in [3.63, 3.8) is 0 Å². The fourth-order valence-electron chi connectivity index (χ4n) is 2.57. The second kappa shape index (κ2) is 5.58. The Balaban J connectivity index is 1.70. The van der Waals surface area contributed by atoms with Crippen LogP contribution in [-0.2, 0) is 12.8 Å². The number of halogens is 2. The Morgan fingerprint density at radius 3 is 2.40 bits per heavy atom. The topological polar surface area (TPSA) is 29.1 Å². The number of nitrogens with one attached hydrogen (secondary N) is 1. The van der Waals surface area contributed by atoms with Crippen molar-refractivity contribution in [2.24, 2.45) is 0 Å². The summed E-state index contributed by atoms with van der Waals surface area (Å²) in [5.41, 5.74) is 3.24. The zero-order chi connectivity index (χ0) is 14.1. The van der Waals surface area contributed by atoms with E-state index in [1.807, 2.05) is 12.1 Å². The van der Waals surface area contributed by atoms with Crippen LogP contribution in [0.4, 0.5) is 0 Å². The van der Waals surface area contributed by atoms with Crippen molar-refractivity contribution in [1.82, 2.24) is 5.32 Å². The van der Waals surface area contributed by atoms with Gasteiger partial charge in [0.2, 0.25) is 0 Å². The molecule has 0 heterocycles. The van der Waals surface area contributed by atoms with Gasteiger partial charge >= 0.3 is 0 Å². The first kappa shape index (κ1) is 13.7. The molecule has 3 rings (SSSR count).